The Morgan fingerprint density at radius 3 is 2.42 bits per heavy atom. The molecule has 1 aliphatic carbocycles. The Morgan fingerprint density at radius 2 is 1.81 bits per heavy atom. The summed E-state index contributed by atoms with van der Waals surface area (Å²) in [6.45, 7) is 7.76. The van der Waals surface area contributed by atoms with E-state index in [4.69, 9.17) is 10.5 Å². The summed E-state index contributed by atoms with van der Waals surface area (Å²) >= 11 is 0. The summed E-state index contributed by atoms with van der Waals surface area (Å²) in [5.41, 5.74) is 8.50. The third-order valence-electron chi connectivity index (χ3n) is 5.58. The van der Waals surface area contributed by atoms with Crippen molar-refractivity contribution >= 4 is 5.91 Å². The molecule has 0 aromatic heterocycles. The number of carbonyl (C=O) groups excluding carboxylic acids is 1. The molecule has 1 aliphatic heterocycles. The van der Waals surface area contributed by atoms with Crippen LogP contribution < -0.4 is 11.1 Å². The maximum atomic E-state index is 12.1. The number of morpholine rings is 1. The van der Waals surface area contributed by atoms with E-state index in [9.17, 15) is 4.79 Å². The highest BCUT2D eigenvalue weighted by molar-refractivity contribution is 5.76. The van der Waals surface area contributed by atoms with Gasteiger partial charge in [0, 0.05) is 38.6 Å². The van der Waals surface area contributed by atoms with Gasteiger partial charge in [0.1, 0.15) is 0 Å². The van der Waals surface area contributed by atoms with Crippen molar-refractivity contribution < 1.29 is 9.53 Å². The average Bonchev–Trinajstić information content (AvgIpc) is 2.98. The van der Waals surface area contributed by atoms with E-state index in [1.165, 1.54) is 5.56 Å². The van der Waals surface area contributed by atoms with Crippen LogP contribution >= 0.6 is 0 Å². The standard InChI is InChI=1S/C21H33N3O2/c1-15-12-24(13-16(2)26-15)14-18-8-6-17(7-9-18)11-23-21(25)10-19-4-3-5-20(19)22/h6-9,15-16,19-20H,3-5,10-14,22H2,1-2H3,(H,23,25)/t15?,16?,19-,20+/m0/s1. The van der Waals surface area contributed by atoms with Crippen LogP contribution in [0.1, 0.15) is 50.7 Å². The van der Waals surface area contributed by atoms with Crippen LogP contribution in [0.3, 0.4) is 0 Å². The molecule has 1 amide bonds. The molecule has 2 unspecified atom stereocenters. The van der Waals surface area contributed by atoms with Crippen LogP contribution in [0.15, 0.2) is 24.3 Å². The molecule has 4 atom stereocenters. The van der Waals surface area contributed by atoms with Crippen molar-refractivity contribution in [1.82, 2.24) is 10.2 Å². The molecule has 1 heterocycles. The molecule has 3 N–H and O–H groups in total. The molecule has 1 saturated carbocycles. The van der Waals surface area contributed by atoms with Gasteiger partial charge in [0.15, 0.2) is 0 Å². The summed E-state index contributed by atoms with van der Waals surface area (Å²) in [7, 11) is 0. The summed E-state index contributed by atoms with van der Waals surface area (Å²) in [5.74, 6) is 0.475. The highest BCUT2D eigenvalue weighted by atomic mass is 16.5. The minimum atomic E-state index is 0.118. The van der Waals surface area contributed by atoms with E-state index in [-0.39, 0.29) is 11.9 Å². The zero-order valence-electron chi connectivity index (χ0n) is 16.1. The minimum absolute atomic E-state index is 0.118. The lowest BCUT2D eigenvalue weighted by Crippen LogP contribution is -2.44. The van der Waals surface area contributed by atoms with Crippen LogP contribution in [0.25, 0.3) is 0 Å². The lowest BCUT2D eigenvalue weighted by Gasteiger charge is -2.35. The zero-order valence-corrected chi connectivity index (χ0v) is 16.1. The molecule has 3 rings (SSSR count). The van der Waals surface area contributed by atoms with Crippen molar-refractivity contribution in [2.45, 2.75) is 70.9 Å². The maximum absolute atomic E-state index is 12.1. The summed E-state index contributed by atoms with van der Waals surface area (Å²) in [4.78, 5) is 14.6. The second-order valence-corrected chi connectivity index (χ2v) is 8.10. The summed E-state index contributed by atoms with van der Waals surface area (Å²) in [6.07, 6.45) is 4.44. The molecule has 26 heavy (non-hydrogen) atoms. The van der Waals surface area contributed by atoms with Gasteiger partial charge in [0.25, 0.3) is 0 Å². The number of hydrogen-bond acceptors (Lipinski definition) is 4. The van der Waals surface area contributed by atoms with Crippen LogP contribution in [-0.2, 0) is 22.6 Å². The summed E-state index contributed by atoms with van der Waals surface area (Å²) in [6, 6.07) is 8.76. The second kappa shape index (κ2) is 8.98. The molecule has 2 fully saturated rings. The Kier molecular flexibility index (Phi) is 6.68. The van der Waals surface area contributed by atoms with E-state index < -0.39 is 0 Å². The van der Waals surface area contributed by atoms with E-state index in [0.29, 0.717) is 31.1 Å². The lowest BCUT2D eigenvalue weighted by atomic mass is 10.00. The third-order valence-corrected chi connectivity index (χ3v) is 5.58. The van der Waals surface area contributed by atoms with Gasteiger partial charge in [-0.2, -0.15) is 0 Å². The molecule has 1 aromatic carbocycles. The van der Waals surface area contributed by atoms with E-state index >= 15 is 0 Å². The Labute approximate surface area is 157 Å². The first kappa shape index (κ1) is 19.3. The van der Waals surface area contributed by atoms with Gasteiger partial charge >= 0.3 is 0 Å². The molecule has 2 aliphatic rings. The highest BCUT2D eigenvalue weighted by Gasteiger charge is 2.26. The molecule has 5 nitrogen and oxygen atoms in total. The Balaban J connectivity index is 1.43. The number of amides is 1. The van der Waals surface area contributed by atoms with Crippen LogP contribution in [0.2, 0.25) is 0 Å². The molecular weight excluding hydrogens is 326 g/mol. The smallest absolute Gasteiger partial charge is 0.220 e. The van der Waals surface area contributed by atoms with Gasteiger partial charge < -0.3 is 15.8 Å². The van der Waals surface area contributed by atoms with Gasteiger partial charge in [0.05, 0.1) is 12.2 Å². The minimum Gasteiger partial charge on any atom is -0.373 e. The van der Waals surface area contributed by atoms with Crippen LogP contribution in [0.4, 0.5) is 0 Å². The van der Waals surface area contributed by atoms with Crippen molar-refractivity contribution in [2.75, 3.05) is 13.1 Å². The van der Waals surface area contributed by atoms with Crippen molar-refractivity contribution in [3.63, 3.8) is 0 Å². The molecule has 1 saturated heterocycles. The van der Waals surface area contributed by atoms with Crippen LogP contribution in [-0.4, -0.2) is 42.1 Å². The number of nitrogens with zero attached hydrogens (tertiary/aromatic N) is 1. The molecule has 144 valence electrons. The number of rotatable bonds is 6. The number of nitrogens with two attached hydrogens (primary N) is 1. The lowest BCUT2D eigenvalue weighted by molar-refractivity contribution is -0.122. The predicted octanol–water partition coefficient (Wildman–Crippen LogP) is 2.43. The molecular formula is C21H33N3O2. The Hall–Kier alpha value is -1.43. The molecule has 5 heteroatoms. The zero-order chi connectivity index (χ0) is 18.5. The van der Waals surface area contributed by atoms with Gasteiger partial charge in [-0.1, -0.05) is 30.7 Å². The highest BCUT2D eigenvalue weighted by Crippen LogP contribution is 2.26. The number of nitrogens with one attached hydrogen (secondary N) is 1. The van der Waals surface area contributed by atoms with Crippen molar-refractivity contribution in [3.8, 4) is 0 Å². The van der Waals surface area contributed by atoms with Crippen molar-refractivity contribution in [2.24, 2.45) is 11.7 Å². The second-order valence-electron chi connectivity index (χ2n) is 8.10. The SMILES string of the molecule is CC1CN(Cc2ccc(CNC(=O)C[C@@H]3CCC[C@H]3N)cc2)CC(C)O1. The monoisotopic (exact) mass is 359 g/mol. The first-order chi connectivity index (χ1) is 12.5. The van der Waals surface area contributed by atoms with Gasteiger partial charge in [-0.05, 0) is 43.7 Å². The van der Waals surface area contributed by atoms with E-state index in [2.05, 4.69) is 48.3 Å². The largest absolute Gasteiger partial charge is 0.373 e. The number of benzene rings is 1. The quantitative estimate of drug-likeness (QED) is 0.819. The fourth-order valence-electron chi connectivity index (χ4n) is 4.26. The van der Waals surface area contributed by atoms with Crippen LogP contribution in [0.5, 0.6) is 0 Å². The van der Waals surface area contributed by atoms with Crippen LogP contribution in [0, 0.1) is 5.92 Å². The predicted molar refractivity (Wildman–Crippen MR) is 104 cm³/mol. The Morgan fingerprint density at radius 1 is 1.15 bits per heavy atom. The first-order valence-corrected chi connectivity index (χ1v) is 9.97. The number of hydrogen-bond donors (Lipinski definition) is 2. The normalized spacial score (nSPS) is 29.7. The van der Waals surface area contributed by atoms with Crippen molar-refractivity contribution in [3.05, 3.63) is 35.4 Å². The number of carbonyl (C=O) groups is 1. The average molecular weight is 360 g/mol. The topological polar surface area (TPSA) is 67.6 Å². The van der Waals surface area contributed by atoms with E-state index in [1.54, 1.807) is 0 Å². The molecule has 0 spiro atoms. The molecule has 0 radical (unpaired) electrons. The van der Waals surface area contributed by atoms with E-state index in [0.717, 1.165) is 44.5 Å². The maximum Gasteiger partial charge on any atom is 0.220 e. The Bertz CT molecular complexity index is 579. The van der Waals surface area contributed by atoms with Crippen molar-refractivity contribution in [1.29, 1.82) is 0 Å². The van der Waals surface area contributed by atoms with Gasteiger partial charge in [0.2, 0.25) is 5.91 Å². The number of ether oxygens (including phenoxy) is 1. The molecule has 0 bridgehead atoms. The van der Waals surface area contributed by atoms with Gasteiger partial charge in [-0.25, -0.2) is 0 Å². The summed E-state index contributed by atoms with van der Waals surface area (Å²) in [5, 5.41) is 3.04. The summed E-state index contributed by atoms with van der Waals surface area (Å²) < 4.78 is 5.79. The first-order valence-electron chi connectivity index (χ1n) is 9.97. The fourth-order valence-corrected chi connectivity index (χ4v) is 4.26. The third kappa shape index (κ3) is 5.53. The van der Waals surface area contributed by atoms with E-state index in [1.807, 2.05) is 0 Å². The van der Waals surface area contributed by atoms with Gasteiger partial charge in [-0.3, -0.25) is 9.69 Å². The molecule has 1 aromatic rings. The van der Waals surface area contributed by atoms with Gasteiger partial charge in [-0.15, -0.1) is 0 Å². The fraction of sp³-hybridized carbons (Fsp3) is 0.667.